The fraction of sp³-hybridized carbons (Fsp3) is 0.111. The number of anilines is 1. The molecular formula is C18H16ClFN2O2. The summed E-state index contributed by atoms with van der Waals surface area (Å²) < 4.78 is 12.8. The highest BCUT2D eigenvalue weighted by Gasteiger charge is 2.10. The molecule has 0 aliphatic carbocycles. The number of carbonyl (C=O) groups is 2. The zero-order valence-corrected chi connectivity index (χ0v) is 13.8. The lowest BCUT2D eigenvalue weighted by Gasteiger charge is -2.14. The maximum atomic E-state index is 12.8. The highest BCUT2D eigenvalue weighted by atomic mass is 35.5. The van der Waals surface area contributed by atoms with Crippen molar-refractivity contribution in [2.24, 2.45) is 0 Å². The van der Waals surface area contributed by atoms with Crippen molar-refractivity contribution in [3.05, 3.63) is 71.0 Å². The average Bonchev–Trinajstić information content (AvgIpc) is 2.56. The van der Waals surface area contributed by atoms with Gasteiger partial charge in [-0.1, -0.05) is 23.7 Å². The molecule has 0 saturated carbocycles. The van der Waals surface area contributed by atoms with Crippen molar-refractivity contribution in [2.45, 2.75) is 0 Å². The minimum absolute atomic E-state index is 0.0881. The molecule has 2 aromatic rings. The van der Waals surface area contributed by atoms with E-state index >= 15 is 0 Å². The molecule has 2 aromatic carbocycles. The molecule has 2 amide bonds. The molecule has 0 fully saturated rings. The molecule has 0 atom stereocenters. The summed E-state index contributed by atoms with van der Waals surface area (Å²) in [7, 11) is 1.53. The third kappa shape index (κ3) is 5.52. The Balaban J connectivity index is 1.87. The van der Waals surface area contributed by atoms with Crippen LogP contribution in [0.1, 0.15) is 5.56 Å². The molecule has 0 bridgehead atoms. The second-order valence-electron chi connectivity index (χ2n) is 5.13. The summed E-state index contributed by atoms with van der Waals surface area (Å²) in [5, 5.41) is 3.25. The van der Waals surface area contributed by atoms with Gasteiger partial charge in [0.05, 0.1) is 6.54 Å². The van der Waals surface area contributed by atoms with Crippen molar-refractivity contribution in [1.29, 1.82) is 0 Å². The van der Waals surface area contributed by atoms with E-state index in [0.717, 1.165) is 0 Å². The van der Waals surface area contributed by atoms with Crippen LogP contribution in [-0.2, 0) is 9.59 Å². The van der Waals surface area contributed by atoms with Crippen LogP contribution in [0.25, 0.3) is 6.08 Å². The normalized spacial score (nSPS) is 10.6. The summed E-state index contributed by atoms with van der Waals surface area (Å²) in [4.78, 5) is 25.2. The van der Waals surface area contributed by atoms with E-state index in [2.05, 4.69) is 5.32 Å². The van der Waals surface area contributed by atoms with Crippen molar-refractivity contribution in [2.75, 3.05) is 18.9 Å². The van der Waals surface area contributed by atoms with E-state index < -0.39 is 0 Å². The summed E-state index contributed by atoms with van der Waals surface area (Å²) in [6.07, 6.45) is 2.90. The van der Waals surface area contributed by atoms with Crippen LogP contribution < -0.4 is 5.32 Å². The fourth-order valence-electron chi connectivity index (χ4n) is 1.90. The Morgan fingerprint density at radius 3 is 2.38 bits per heavy atom. The van der Waals surface area contributed by atoms with Crippen LogP contribution in [0.5, 0.6) is 0 Å². The first-order chi connectivity index (χ1) is 11.4. The number of benzene rings is 2. The van der Waals surface area contributed by atoms with Gasteiger partial charge in [-0.05, 0) is 48.0 Å². The van der Waals surface area contributed by atoms with Gasteiger partial charge in [0.15, 0.2) is 0 Å². The molecule has 0 heterocycles. The number of hydrogen-bond donors (Lipinski definition) is 1. The van der Waals surface area contributed by atoms with E-state index in [-0.39, 0.29) is 24.2 Å². The maximum absolute atomic E-state index is 12.8. The van der Waals surface area contributed by atoms with E-state index in [1.807, 2.05) is 0 Å². The Kier molecular flexibility index (Phi) is 6.09. The number of carbonyl (C=O) groups excluding carboxylic acids is 2. The average molecular weight is 347 g/mol. The first-order valence-corrected chi connectivity index (χ1v) is 7.56. The van der Waals surface area contributed by atoms with Gasteiger partial charge in [0.25, 0.3) is 0 Å². The van der Waals surface area contributed by atoms with E-state index in [9.17, 15) is 14.0 Å². The lowest BCUT2D eigenvalue weighted by Crippen LogP contribution is -2.33. The number of amides is 2. The molecule has 0 aliphatic heterocycles. The number of rotatable bonds is 5. The molecule has 0 aromatic heterocycles. The highest BCUT2D eigenvalue weighted by molar-refractivity contribution is 6.30. The number of nitrogens with one attached hydrogen (secondary N) is 1. The van der Waals surface area contributed by atoms with Gasteiger partial charge in [0, 0.05) is 23.8 Å². The second kappa shape index (κ2) is 8.26. The van der Waals surface area contributed by atoms with E-state index in [0.29, 0.717) is 16.3 Å². The zero-order valence-electron chi connectivity index (χ0n) is 13.0. The van der Waals surface area contributed by atoms with Gasteiger partial charge in [0.2, 0.25) is 11.8 Å². The molecule has 2 rings (SSSR count). The van der Waals surface area contributed by atoms with Crippen molar-refractivity contribution in [3.63, 3.8) is 0 Å². The monoisotopic (exact) mass is 346 g/mol. The number of halogens is 2. The molecule has 0 radical (unpaired) electrons. The second-order valence-corrected chi connectivity index (χ2v) is 5.57. The molecule has 6 heteroatoms. The van der Waals surface area contributed by atoms with Crippen LogP contribution in [0, 0.1) is 5.82 Å². The summed E-state index contributed by atoms with van der Waals surface area (Å²) in [6, 6.07) is 12.4. The van der Waals surface area contributed by atoms with Crippen LogP contribution in [0.4, 0.5) is 10.1 Å². The topological polar surface area (TPSA) is 49.4 Å². The van der Waals surface area contributed by atoms with Gasteiger partial charge >= 0.3 is 0 Å². The van der Waals surface area contributed by atoms with Gasteiger partial charge in [-0.3, -0.25) is 9.59 Å². The van der Waals surface area contributed by atoms with Crippen LogP contribution in [0.3, 0.4) is 0 Å². The Labute approximate surface area is 144 Å². The highest BCUT2D eigenvalue weighted by Crippen LogP contribution is 2.13. The van der Waals surface area contributed by atoms with Gasteiger partial charge in [-0.2, -0.15) is 0 Å². The first kappa shape index (κ1) is 17.7. The summed E-state index contributed by atoms with van der Waals surface area (Å²) in [5.74, 6) is -0.983. The van der Waals surface area contributed by atoms with Crippen LogP contribution >= 0.6 is 11.6 Å². The molecule has 4 nitrogen and oxygen atoms in total. The fourth-order valence-corrected chi connectivity index (χ4v) is 2.02. The Bertz CT molecular complexity index is 743. The Morgan fingerprint density at radius 2 is 1.75 bits per heavy atom. The molecule has 1 N–H and O–H groups in total. The summed E-state index contributed by atoms with van der Waals surface area (Å²) >= 11 is 5.77. The molecular weight excluding hydrogens is 331 g/mol. The SMILES string of the molecule is CN(CC(=O)Nc1ccc(Cl)cc1)C(=O)C=Cc1ccc(F)cc1. The standard InChI is InChI=1S/C18H16ClFN2O2/c1-22(12-17(23)21-16-9-5-14(19)6-10-16)18(24)11-4-13-2-7-15(20)8-3-13/h2-11H,12H2,1H3,(H,21,23). The van der Waals surface area contributed by atoms with Gasteiger partial charge in [-0.15, -0.1) is 0 Å². The molecule has 0 aliphatic rings. The Morgan fingerprint density at radius 1 is 1.12 bits per heavy atom. The third-order valence-electron chi connectivity index (χ3n) is 3.17. The lowest BCUT2D eigenvalue weighted by molar-refractivity contribution is -0.129. The zero-order chi connectivity index (χ0) is 17.5. The van der Waals surface area contributed by atoms with Crippen LogP contribution in [0.2, 0.25) is 5.02 Å². The molecule has 124 valence electrons. The summed E-state index contributed by atoms with van der Waals surface area (Å²) in [6.45, 7) is -0.0881. The lowest BCUT2D eigenvalue weighted by atomic mass is 10.2. The molecule has 0 unspecified atom stereocenters. The first-order valence-electron chi connectivity index (χ1n) is 7.18. The quantitative estimate of drug-likeness (QED) is 0.841. The smallest absolute Gasteiger partial charge is 0.246 e. The predicted molar refractivity (Wildman–Crippen MR) is 93.2 cm³/mol. The maximum Gasteiger partial charge on any atom is 0.246 e. The van der Waals surface area contributed by atoms with Crippen molar-refractivity contribution in [3.8, 4) is 0 Å². The summed E-state index contributed by atoms with van der Waals surface area (Å²) in [5.41, 5.74) is 1.30. The Hall–Kier alpha value is -2.66. The van der Waals surface area contributed by atoms with Crippen LogP contribution in [-0.4, -0.2) is 30.3 Å². The van der Waals surface area contributed by atoms with Crippen LogP contribution in [0.15, 0.2) is 54.6 Å². The molecule has 0 spiro atoms. The van der Waals surface area contributed by atoms with Crippen molar-refractivity contribution >= 4 is 35.2 Å². The predicted octanol–water partition coefficient (Wildman–Crippen LogP) is 3.59. The van der Waals surface area contributed by atoms with Gasteiger partial charge < -0.3 is 10.2 Å². The largest absolute Gasteiger partial charge is 0.333 e. The van der Waals surface area contributed by atoms with E-state index in [1.54, 1.807) is 42.5 Å². The molecule has 0 saturated heterocycles. The number of hydrogen-bond acceptors (Lipinski definition) is 2. The van der Waals surface area contributed by atoms with E-state index in [1.165, 1.54) is 30.2 Å². The third-order valence-corrected chi connectivity index (χ3v) is 3.43. The minimum atomic E-state index is -0.338. The van der Waals surface area contributed by atoms with E-state index in [4.69, 9.17) is 11.6 Å². The number of likely N-dealkylation sites (N-methyl/N-ethyl adjacent to an activating group) is 1. The van der Waals surface area contributed by atoms with Gasteiger partial charge in [-0.25, -0.2) is 4.39 Å². The van der Waals surface area contributed by atoms with Crippen molar-refractivity contribution in [1.82, 2.24) is 4.90 Å². The van der Waals surface area contributed by atoms with Crippen molar-refractivity contribution < 1.29 is 14.0 Å². The molecule has 24 heavy (non-hydrogen) atoms. The van der Waals surface area contributed by atoms with Gasteiger partial charge in [0.1, 0.15) is 5.82 Å². The minimum Gasteiger partial charge on any atom is -0.333 e. The number of nitrogens with zero attached hydrogens (tertiary/aromatic N) is 1.